The van der Waals surface area contributed by atoms with Crippen molar-refractivity contribution in [2.75, 3.05) is 5.32 Å². The number of benzene rings is 1. The third-order valence-electron chi connectivity index (χ3n) is 2.50. The zero-order valence-corrected chi connectivity index (χ0v) is 11.2. The number of anilines is 1. The first-order valence-corrected chi connectivity index (χ1v) is 6.14. The molecule has 2 rings (SSSR count). The molecule has 1 N–H and O–H groups in total. The molecule has 1 aromatic carbocycles. The molecule has 0 bridgehead atoms. The first kappa shape index (κ1) is 11.9. The lowest BCUT2D eigenvalue weighted by atomic mass is 10.2. The molecule has 0 aliphatic carbocycles. The lowest BCUT2D eigenvalue weighted by Crippen LogP contribution is -1.98. The van der Waals surface area contributed by atoms with Gasteiger partial charge in [-0.1, -0.05) is 22.5 Å². The van der Waals surface area contributed by atoms with Gasteiger partial charge in [-0.25, -0.2) is 4.68 Å². The average Bonchev–Trinajstić information content (AvgIpc) is 2.79. The van der Waals surface area contributed by atoms with Gasteiger partial charge in [0.2, 0.25) is 0 Å². The lowest BCUT2D eigenvalue weighted by Gasteiger charge is -2.06. The zero-order chi connectivity index (χ0) is 12.3. The van der Waals surface area contributed by atoms with Gasteiger partial charge in [-0.3, -0.25) is 0 Å². The largest absolute Gasteiger partial charge is 0.381 e. The molecule has 88 valence electrons. The molecule has 0 aliphatic heterocycles. The lowest BCUT2D eigenvalue weighted by molar-refractivity contribution is 0.936. The van der Waals surface area contributed by atoms with Crippen molar-refractivity contribution in [3.05, 3.63) is 52.8 Å². The minimum atomic E-state index is 0.759. The Morgan fingerprint density at radius 1 is 1.53 bits per heavy atom. The molecule has 0 aliphatic rings. The minimum Gasteiger partial charge on any atom is -0.381 e. The fourth-order valence-electron chi connectivity index (χ4n) is 1.53. The van der Waals surface area contributed by atoms with Crippen LogP contribution in [0.4, 0.5) is 5.69 Å². The van der Waals surface area contributed by atoms with Gasteiger partial charge in [-0.2, -0.15) is 5.10 Å². The van der Waals surface area contributed by atoms with Crippen LogP contribution in [-0.4, -0.2) is 9.78 Å². The second-order valence-corrected chi connectivity index (χ2v) is 4.68. The molecule has 0 saturated heterocycles. The Balaban J connectivity index is 2.01. The van der Waals surface area contributed by atoms with Gasteiger partial charge in [0.25, 0.3) is 0 Å². The maximum Gasteiger partial charge on any atom is 0.0543 e. The molecule has 0 spiro atoms. The Hall–Kier alpha value is -1.55. The van der Waals surface area contributed by atoms with Crippen molar-refractivity contribution >= 4 is 27.8 Å². The van der Waals surface area contributed by atoms with Gasteiger partial charge in [0.15, 0.2) is 0 Å². The van der Waals surface area contributed by atoms with Crippen molar-refractivity contribution < 1.29 is 0 Å². The molecule has 2 aromatic rings. The van der Waals surface area contributed by atoms with Gasteiger partial charge in [-0.15, -0.1) is 0 Å². The highest BCUT2D eigenvalue weighted by Gasteiger charge is 1.99. The Kier molecular flexibility index (Phi) is 3.64. The first-order valence-electron chi connectivity index (χ1n) is 5.34. The van der Waals surface area contributed by atoms with E-state index in [1.807, 2.05) is 18.5 Å². The highest BCUT2D eigenvalue weighted by atomic mass is 79.9. The highest BCUT2D eigenvalue weighted by molar-refractivity contribution is 9.10. The number of rotatable bonds is 4. The van der Waals surface area contributed by atoms with E-state index in [0.717, 1.165) is 22.3 Å². The van der Waals surface area contributed by atoms with Crippen molar-refractivity contribution in [1.29, 1.82) is 0 Å². The summed E-state index contributed by atoms with van der Waals surface area (Å²) in [7, 11) is 0. The molecule has 0 atom stereocenters. The number of hydrogen-bond donors (Lipinski definition) is 1. The SMILES string of the molecule is C=Cn1cc(CNc2ccc(Br)c(C)c2)cn1. The summed E-state index contributed by atoms with van der Waals surface area (Å²) in [6.07, 6.45) is 5.46. The van der Waals surface area contributed by atoms with Crippen molar-refractivity contribution in [3.8, 4) is 0 Å². The van der Waals surface area contributed by atoms with Crippen molar-refractivity contribution in [1.82, 2.24) is 9.78 Å². The summed E-state index contributed by atoms with van der Waals surface area (Å²) in [6.45, 7) is 6.49. The zero-order valence-electron chi connectivity index (χ0n) is 9.65. The average molecular weight is 292 g/mol. The van der Waals surface area contributed by atoms with E-state index in [-0.39, 0.29) is 0 Å². The molecule has 0 saturated carbocycles. The van der Waals surface area contributed by atoms with E-state index in [2.05, 4.69) is 52.0 Å². The van der Waals surface area contributed by atoms with Crippen LogP contribution >= 0.6 is 15.9 Å². The van der Waals surface area contributed by atoms with Gasteiger partial charge in [0.1, 0.15) is 0 Å². The molecule has 1 heterocycles. The monoisotopic (exact) mass is 291 g/mol. The van der Waals surface area contributed by atoms with Crippen LogP contribution in [-0.2, 0) is 6.54 Å². The van der Waals surface area contributed by atoms with Crippen LogP contribution in [0.5, 0.6) is 0 Å². The minimum absolute atomic E-state index is 0.759. The van der Waals surface area contributed by atoms with Gasteiger partial charge in [0, 0.05) is 34.7 Å². The Morgan fingerprint density at radius 2 is 2.35 bits per heavy atom. The predicted molar refractivity (Wildman–Crippen MR) is 74.8 cm³/mol. The second-order valence-electron chi connectivity index (χ2n) is 3.83. The van der Waals surface area contributed by atoms with Crippen LogP contribution < -0.4 is 5.32 Å². The summed E-state index contributed by atoms with van der Waals surface area (Å²) in [6, 6.07) is 6.21. The summed E-state index contributed by atoms with van der Waals surface area (Å²) < 4.78 is 2.83. The van der Waals surface area contributed by atoms with E-state index in [9.17, 15) is 0 Å². The van der Waals surface area contributed by atoms with Crippen LogP contribution in [0.2, 0.25) is 0 Å². The third kappa shape index (κ3) is 2.97. The number of hydrogen-bond acceptors (Lipinski definition) is 2. The molecule has 3 nitrogen and oxygen atoms in total. The third-order valence-corrected chi connectivity index (χ3v) is 3.39. The highest BCUT2D eigenvalue weighted by Crippen LogP contribution is 2.20. The maximum absolute atomic E-state index is 4.13. The fourth-order valence-corrected chi connectivity index (χ4v) is 1.77. The molecule has 17 heavy (non-hydrogen) atoms. The molecule has 0 unspecified atom stereocenters. The molecule has 0 fully saturated rings. The van der Waals surface area contributed by atoms with Crippen molar-refractivity contribution in [3.63, 3.8) is 0 Å². The standard InChI is InChI=1S/C13H14BrN3/c1-3-17-9-11(8-16-17)7-15-12-4-5-13(14)10(2)6-12/h3-6,8-9,15H,1,7H2,2H3. The van der Waals surface area contributed by atoms with Gasteiger partial charge in [-0.05, 0) is 30.7 Å². The number of nitrogens with one attached hydrogen (secondary N) is 1. The molecule has 4 heteroatoms. The summed E-state index contributed by atoms with van der Waals surface area (Å²) in [5, 5.41) is 7.49. The number of halogens is 1. The molecule has 0 amide bonds. The van der Waals surface area contributed by atoms with Crippen LogP contribution in [0.3, 0.4) is 0 Å². The van der Waals surface area contributed by atoms with Crippen LogP contribution in [0.1, 0.15) is 11.1 Å². The number of nitrogens with zero attached hydrogens (tertiary/aromatic N) is 2. The maximum atomic E-state index is 4.13. The van der Waals surface area contributed by atoms with E-state index in [4.69, 9.17) is 0 Å². The smallest absolute Gasteiger partial charge is 0.0543 e. The molecule has 1 aromatic heterocycles. The van der Waals surface area contributed by atoms with E-state index in [1.165, 1.54) is 5.56 Å². The van der Waals surface area contributed by atoms with E-state index < -0.39 is 0 Å². The Bertz CT molecular complexity index is 531. The second kappa shape index (κ2) is 5.19. The molecule has 0 radical (unpaired) electrons. The van der Waals surface area contributed by atoms with E-state index >= 15 is 0 Å². The van der Waals surface area contributed by atoms with Gasteiger partial charge in [0.05, 0.1) is 6.20 Å². The fraction of sp³-hybridized carbons (Fsp3) is 0.154. The van der Waals surface area contributed by atoms with Crippen LogP contribution in [0.25, 0.3) is 6.20 Å². The normalized spacial score (nSPS) is 10.2. The Morgan fingerprint density at radius 3 is 3.00 bits per heavy atom. The van der Waals surface area contributed by atoms with Crippen LogP contribution in [0, 0.1) is 6.92 Å². The summed E-state index contributed by atoms with van der Waals surface area (Å²) in [5.74, 6) is 0. The summed E-state index contributed by atoms with van der Waals surface area (Å²) >= 11 is 3.49. The van der Waals surface area contributed by atoms with Gasteiger partial charge >= 0.3 is 0 Å². The number of aryl methyl sites for hydroxylation is 1. The first-order chi connectivity index (χ1) is 8.19. The topological polar surface area (TPSA) is 29.9 Å². The predicted octanol–water partition coefficient (Wildman–Crippen LogP) is 3.67. The van der Waals surface area contributed by atoms with Crippen LogP contribution in [0.15, 0.2) is 41.6 Å². The van der Waals surface area contributed by atoms with Gasteiger partial charge < -0.3 is 5.32 Å². The molecular weight excluding hydrogens is 278 g/mol. The quantitative estimate of drug-likeness (QED) is 0.932. The number of aromatic nitrogens is 2. The van der Waals surface area contributed by atoms with Crippen molar-refractivity contribution in [2.45, 2.75) is 13.5 Å². The molecular formula is C13H14BrN3. The van der Waals surface area contributed by atoms with E-state index in [1.54, 1.807) is 10.9 Å². The summed E-state index contributed by atoms with van der Waals surface area (Å²) in [4.78, 5) is 0. The summed E-state index contributed by atoms with van der Waals surface area (Å²) in [5.41, 5.74) is 3.46. The Labute approximate surface area is 109 Å². The van der Waals surface area contributed by atoms with Crippen molar-refractivity contribution in [2.24, 2.45) is 0 Å². The van der Waals surface area contributed by atoms with E-state index in [0.29, 0.717) is 0 Å².